The Labute approximate surface area is 165 Å². The van der Waals surface area contributed by atoms with Gasteiger partial charge in [-0.3, -0.25) is 4.79 Å². The number of hydrazone groups is 1. The molecule has 8 heteroatoms. The van der Waals surface area contributed by atoms with E-state index >= 15 is 0 Å². The summed E-state index contributed by atoms with van der Waals surface area (Å²) in [5.41, 5.74) is 3.94. The molecule has 0 aliphatic carbocycles. The Kier molecular flexibility index (Phi) is 7.29. The maximum Gasteiger partial charge on any atom is 0.262 e. The minimum atomic E-state index is -0.491. The molecule has 2 N–H and O–H groups in total. The van der Waals surface area contributed by atoms with E-state index in [1.54, 1.807) is 51.5 Å². The average Bonchev–Trinajstić information content (AvgIpc) is 2.61. The zero-order valence-electron chi connectivity index (χ0n) is 14.5. The number of hydrogen-bond acceptors (Lipinski definition) is 5. The van der Waals surface area contributed by atoms with Crippen LogP contribution in [0.5, 0.6) is 11.5 Å². The van der Waals surface area contributed by atoms with Crippen molar-refractivity contribution in [3.05, 3.63) is 51.5 Å². The first kappa shape index (κ1) is 20.1. The molecule has 1 amide bonds. The van der Waals surface area contributed by atoms with Gasteiger partial charge >= 0.3 is 0 Å². The van der Waals surface area contributed by atoms with Crippen molar-refractivity contribution >= 4 is 45.3 Å². The topological polar surface area (TPSA) is 72.0 Å². The van der Waals surface area contributed by atoms with Crippen molar-refractivity contribution in [2.24, 2.45) is 5.10 Å². The minimum Gasteiger partial charge on any atom is -0.496 e. The van der Waals surface area contributed by atoms with Gasteiger partial charge in [0.1, 0.15) is 17.5 Å². The first-order valence-electron chi connectivity index (χ1n) is 7.71. The molecule has 2 aromatic rings. The van der Waals surface area contributed by atoms with Gasteiger partial charge in [0, 0.05) is 22.3 Å². The Hall–Kier alpha value is -2.25. The van der Waals surface area contributed by atoms with Gasteiger partial charge in [0.2, 0.25) is 0 Å². The number of halogens is 2. The van der Waals surface area contributed by atoms with E-state index in [0.29, 0.717) is 22.1 Å². The quantitative estimate of drug-likeness (QED) is 0.503. The van der Waals surface area contributed by atoms with Crippen LogP contribution in [-0.2, 0) is 4.79 Å². The standard InChI is InChI=1S/C18H19BrClN3O3/c1-11(22-14-6-4-5-13(20)8-14)18(24)23-21-10-12-7-15(19)17(26-3)9-16(12)25-2/h4-11,22H,1-3H3,(H,23,24)/b21-10+. The first-order chi connectivity index (χ1) is 12.4. The summed E-state index contributed by atoms with van der Waals surface area (Å²) in [6, 6.07) is 10.2. The minimum absolute atomic E-state index is 0.284. The van der Waals surface area contributed by atoms with E-state index in [2.05, 4.69) is 31.8 Å². The highest BCUT2D eigenvalue weighted by molar-refractivity contribution is 9.10. The van der Waals surface area contributed by atoms with Crippen molar-refractivity contribution in [3.63, 3.8) is 0 Å². The molecule has 0 heterocycles. The Bertz CT molecular complexity index is 814. The van der Waals surface area contributed by atoms with Crippen molar-refractivity contribution in [1.82, 2.24) is 5.43 Å². The molecule has 2 rings (SSSR count). The van der Waals surface area contributed by atoms with Gasteiger partial charge in [-0.15, -0.1) is 0 Å². The summed E-state index contributed by atoms with van der Waals surface area (Å²) in [7, 11) is 3.12. The molecule has 2 aromatic carbocycles. The lowest BCUT2D eigenvalue weighted by Gasteiger charge is -2.13. The second kappa shape index (κ2) is 9.45. The number of ether oxygens (including phenoxy) is 2. The predicted octanol–water partition coefficient (Wildman–Crippen LogP) is 4.07. The average molecular weight is 441 g/mol. The molecule has 0 saturated carbocycles. The number of anilines is 1. The second-order valence-corrected chi connectivity index (χ2v) is 6.63. The lowest BCUT2D eigenvalue weighted by atomic mass is 10.2. The third-order valence-corrected chi connectivity index (χ3v) is 4.34. The maximum atomic E-state index is 12.2. The van der Waals surface area contributed by atoms with Crippen LogP contribution in [-0.4, -0.2) is 32.4 Å². The number of rotatable bonds is 7. The number of amides is 1. The summed E-state index contributed by atoms with van der Waals surface area (Å²) in [6.07, 6.45) is 1.51. The molecule has 0 aliphatic heterocycles. The van der Waals surface area contributed by atoms with E-state index in [0.717, 1.165) is 10.2 Å². The van der Waals surface area contributed by atoms with Crippen molar-refractivity contribution in [1.29, 1.82) is 0 Å². The van der Waals surface area contributed by atoms with Crippen LogP contribution in [0.25, 0.3) is 0 Å². The molecule has 0 bridgehead atoms. The number of carbonyl (C=O) groups is 1. The van der Waals surface area contributed by atoms with E-state index in [-0.39, 0.29) is 5.91 Å². The fraction of sp³-hybridized carbons (Fsp3) is 0.222. The monoisotopic (exact) mass is 439 g/mol. The summed E-state index contributed by atoms with van der Waals surface area (Å²) in [4.78, 5) is 12.2. The second-order valence-electron chi connectivity index (χ2n) is 5.34. The molecule has 6 nitrogen and oxygen atoms in total. The normalized spacial score (nSPS) is 11.9. The molecule has 138 valence electrons. The smallest absolute Gasteiger partial charge is 0.262 e. The summed E-state index contributed by atoms with van der Waals surface area (Å²) in [5.74, 6) is 0.934. The van der Waals surface area contributed by atoms with Crippen LogP contribution >= 0.6 is 27.5 Å². The molecule has 0 spiro atoms. The highest BCUT2D eigenvalue weighted by atomic mass is 79.9. The van der Waals surface area contributed by atoms with Gasteiger partial charge in [-0.25, -0.2) is 5.43 Å². The zero-order valence-corrected chi connectivity index (χ0v) is 16.9. The van der Waals surface area contributed by atoms with Crippen LogP contribution in [0.3, 0.4) is 0 Å². The maximum absolute atomic E-state index is 12.2. The summed E-state index contributed by atoms with van der Waals surface area (Å²) >= 11 is 9.34. The van der Waals surface area contributed by atoms with E-state index in [9.17, 15) is 4.79 Å². The predicted molar refractivity (Wildman–Crippen MR) is 108 cm³/mol. The van der Waals surface area contributed by atoms with Crippen LogP contribution in [0, 0.1) is 0 Å². The molecular weight excluding hydrogens is 422 g/mol. The molecule has 26 heavy (non-hydrogen) atoms. The molecule has 1 atom stereocenters. The number of methoxy groups -OCH3 is 2. The highest BCUT2D eigenvalue weighted by Crippen LogP contribution is 2.31. The largest absolute Gasteiger partial charge is 0.496 e. The van der Waals surface area contributed by atoms with Gasteiger partial charge in [0.25, 0.3) is 5.91 Å². The molecule has 0 aliphatic rings. The van der Waals surface area contributed by atoms with E-state index in [1.807, 2.05) is 6.07 Å². The summed E-state index contributed by atoms with van der Waals surface area (Å²) in [6.45, 7) is 1.73. The fourth-order valence-electron chi connectivity index (χ4n) is 2.14. The van der Waals surface area contributed by atoms with E-state index < -0.39 is 6.04 Å². The van der Waals surface area contributed by atoms with Crippen LogP contribution in [0.15, 0.2) is 46.0 Å². The van der Waals surface area contributed by atoms with Crippen LogP contribution in [0.4, 0.5) is 5.69 Å². The number of nitrogens with one attached hydrogen (secondary N) is 2. The van der Waals surface area contributed by atoms with Gasteiger partial charge in [-0.05, 0) is 47.1 Å². The molecule has 1 unspecified atom stereocenters. The van der Waals surface area contributed by atoms with E-state index in [4.69, 9.17) is 21.1 Å². The summed E-state index contributed by atoms with van der Waals surface area (Å²) in [5, 5.41) is 7.65. The van der Waals surface area contributed by atoms with Crippen molar-refractivity contribution in [2.45, 2.75) is 13.0 Å². The third-order valence-electron chi connectivity index (χ3n) is 3.48. The lowest BCUT2D eigenvalue weighted by Crippen LogP contribution is -2.34. The molecule has 0 fully saturated rings. The molecule has 0 aromatic heterocycles. The number of benzene rings is 2. The van der Waals surface area contributed by atoms with Gasteiger partial charge in [-0.1, -0.05) is 17.7 Å². The van der Waals surface area contributed by atoms with E-state index in [1.165, 1.54) is 6.21 Å². The lowest BCUT2D eigenvalue weighted by molar-refractivity contribution is -0.121. The van der Waals surface area contributed by atoms with Gasteiger partial charge in [-0.2, -0.15) is 5.10 Å². The SMILES string of the molecule is COc1cc(OC)c(/C=N/NC(=O)C(C)Nc2cccc(Cl)c2)cc1Br. The Morgan fingerprint density at radius 2 is 1.96 bits per heavy atom. The zero-order chi connectivity index (χ0) is 19.1. The Morgan fingerprint density at radius 1 is 1.23 bits per heavy atom. The van der Waals surface area contributed by atoms with Crippen molar-refractivity contribution in [3.8, 4) is 11.5 Å². The Morgan fingerprint density at radius 3 is 2.62 bits per heavy atom. The van der Waals surface area contributed by atoms with Gasteiger partial charge < -0.3 is 14.8 Å². The van der Waals surface area contributed by atoms with Crippen LogP contribution < -0.4 is 20.2 Å². The third kappa shape index (κ3) is 5.37. The van der Waals surface area contributed by atoms with Crippen molar-refractivity contribution in [2.75, 3.05) is 19.5 Å². The highest BCUT2D eigenvalue weighted by Gasteiger charge is 2.12. The molecular formula is C18H19BrClN3O3. The van der Waals surface area contributed by atoms with Gasteiger partial charge in [0.15, 0.2) is 0 Å². The summed E-state index contributed by atoms with van der Waals surface area (Å²) < 4.78 is 11.3. The first-order valence-corrected chi connectivity index (χ1v) is 8.88. The molecule has 0 radical (unpaired) electrons. The van der Waals surface area contributed by atoms with Gasteiger partial charge in [0.05, 0.1) is 24.9 Å². The Balaban J connectivity index is 2.01. The number of hydrogen-bond donors (Lipinski definition) is 2. The van der Waals surface area contributed by atoms with Crippen LogP contribution in [0.1, 0.15) is 12.5 Å². The number of carbonyl (C=O) groups excluding carboxylic acids is 1. The van der Waals surface area contributed by atoms with Crippen molar-refractivity contribution < 1.29 is 14.3 Å². The molecule has 0 saturated heterocycles. The number of nitrogens with zero attached hydrogens (tertiary/aromatic N) is 1. The fourth-order valence-corrected chi connectivity index (χ4v) is 2.85. The van der Waals surface area contributed by atoms with Crippen LogP contribution in [0.2, 0.25) is 5.02 Å².